The maximum absolute atomic E-state index is 13.8. The molecule has 5 rings (SSSR count). The van der Waals surface area contributed by atoms with Gasteiger partial charge < -0.3 is 9.64 Å². The van der Waals surface area contributed by atoms with Gasteiger partial charge in [-0.2, -0.15) is 0 Å². The van der Waals surface area contributed by atoms with Gasteiger partial charge in [-0.15, -0.1) is 0 Å². The predicted octanol–water partition coefficient (Wildman–Crippen LogP) is 4.70. The molecule has 2 amide bonds. The third kappa shape index (κ3) is 3.09. The van der Waals surface area contributed by atoms with Gasteiger partial charge in [0.15, 0.2) is 0 Å². The Hall–Kier alpha value is -3.57. The normalized spacial score (nSPS) is 15.7. The highest BCUT2D eigenvalue weighted by Crippen LogP contribution is 2.42. The highest BCUT2D eigenvalue weighted by Gasteiger charge is 2.45. The molecule has 0 saturated carbocycles. The summed E-state index contributed by atoms with van der Waals surface area (Å²) in [5.41, 5.74) is 3.89. The van der Waals surface area contributed by atoms with Crippen LogP contribution in [0.5, 0.6) is 5.75 Å². The lowest BCUT2D eigenvalue weighted by atomic mass is 10.0. The van der Waals surface area contributed by atoms with E-state index in [1.165, 1.54) is 12.0 Å². The van der Waals surface area contributed by atoms with Gasteiger partial charge in [0, 0.05) is 17.3 Å². The molecule has 3 aromatic carbocycles. The number of fused-ring (bicyclic) bond motifs is 1. The summed E-state index contributed by atoms with van der Waals surface area (Å²) in [5, 5.41) is 0.414. The van der Waals surface area contributed by atoms with E-state index >= 15 is 0 Å². The first kappa shape index (κ1) is 19.4. The maximum Gasteiger partial charge on any atom is 0.282 e. The van der Waals surface area contributed by atoms with E-state index in [9.17, 15) is 9.59 Å². The van der Waals surface area contributed by atoms with E-state index in [1.54, 1.807) is 18.2 Å². The van der Waals surface area contributed by atoms with Gasteiger partial charge in [-0.25, -0.2) is 4.90 Å². The summed E-state index contributed by atoms with van der Waals surface area (Å²) < 4.78 is 5.43. The Kier molecular flexibility index (Phi) is 4.75. The second-order valence-electron chi connectivity index (χ2n) is 7.38. The van der Waals surface area contributed by atoms with E-state index in [4.69, 9.17) is 16.3 Å². The molecule has 0 fully saturated rings. The number of rotatable bonds is 4. The molecule has 0 spiro atoms. The van der Waals surface area contributed by atoms with Crippen LogP contribution in [-0.2, 0) is 16.0 Å². The van der Waals surface area contributed by atoms with Gasteiger partial charge in [0.1, 0.15) is 11.4 Å². The standard InChI is InChI=1S/C25H19ClN2O3/c1-31-21-12-11-18(26)15-20(21)28-24(29)22(17-8-3-2-4-9-17)23(25(28)30)27-14-13-16-7-5-6-10-19(16)27/h2-12,15H,13-14H2,1H3. The van der Waals surface area contributed by atoms with E-state index < -0.39 is 5.91 Å². The molecule has 0 saturated heterocycles. The number of benzene rings is 3. The zero-order chi connectivity index (χ0) is 21.5. The number of carbonyl (C=O) groups is 2. The van der Waals surface area contributed by atoms with E-state index in [2.05, 4.69) is 6.07 Å². The number of amides is 2. The van der Waals surface area contributed by atoms with E-state index in [-0.39, 0.29) is 5.91 Å². The van der Waals surface area contributed by atoms with Crippen LogP contribution in [0.3, 0.4) is 0 Å². The average molecular weight is 431 g/mol. The maximum atomic E-state index is 13.8. The van der Waals surface area contributed by atoms with Gasteiger partial charge in [-0.3, -0.25) is 9.59 Å². The quantitative estimate of drug-likeness (QED) is 0.563. The summed E-state index contributed by atoms with van der Waals surface area (Å²) in [6.07, 6.45) is 0.809. The molecule has 6 heteroatoms. The van der Waals surface area contributed by atoms with Crippen molar-refractivity contribution in [2.24, 2.45) is 0 Å². The summed E-state index contributed by atoms with van der Waals surface area (Å²) in [6.45, 7) is 0.630. The minimum atomic E-state index is -0.392. The fourth-order valence-corrected chi connectivity index (χ4v) is 4.43. The number of methoxy groups -OCH3 is 1. The first-order valence-corrected chi connectivity index (χ1v) is 10.4. The van der Waals surface area contributed by atoms with E-state index in [0.29, 0.717) is 39.8 Å². The van der Waals surface area contributed by atoms with Crippen LogP contribution in [0.1, 0.15) is 11.1 Å². The first-order chi connectivity index (χ1) is 15.1. The molecule has 2 aliphatic rings. The second-order valence-corrected chi connectivity index (χ2v) is 7.82. The summed E-state index contributed by atoms with van der Waals surface area (Å²) in [5.74, 6) is -0.376. The number of hydrogen-bond donors (Lipinski definition) is 0. The molecule has 2 aliphatic heterocycles. The molecule has 0 N–H and O–H groups in total. The molecule has 31 heavy (non-hydrogen) atoms. The minimum Gasteiger partial charge on any atom is -0.495 e. The van der Waals surface area contributed by atoms with Gasteiger partial charge in [0.25, 0.3) is 11.8 Å². The number of hydrogen-bond acceptors (Lipinski definition) is 4. The highest BCUT2D eigenvalue weighted by atomic mass is 35.5. The van der Waals surface area contributed by atoms with Crippen molar-refractivity contribution in [3.05, 3.63) is 94.6 Å². The molecular weight excluding hydrogens is 412 g/mol. The fraction of sp³-hybridized carbons (Fsp3) is 0.120. The lowest BCUT2D eigenvalue weighted by molar-refractivity contribution is -0.120. The lowest BCUT2D eigenvalue weighted by Crippen LogP contribution is -2.35. The molecule has 0 unspecified atom stereocenters. The molecule has 0 bridgehead atoms. The van der Waals surface area contributed by atoms with E-state index in [0.717, 1.165) is 17.7 Å². The summed E-state index contributed by atoms with van der Waals surface area (Å²) in [7, 11) is 1.50. The predicted molar refractivity (Wildman–Crippen MR) is 121 cm³/mol. The number of anilines is 2. The van der Waals surface area contributed by atoms with E-state index in [1.807, 2.05) is 53.4 Å². The number of imide groups is 1. The van der Waals surface area contributed by atoms with Gasteiger partial charge >= 0.3 is 0 Å². The molecule has 5 nitrogen and oxygen atoms in total. The van der Waals surface area contributed by atoms with Gasteiger partial charge in [0.2, 0.25) is 0 Å². The molecule has 0 aliphatic carbocycles. The Morgan fingerprint density at radius 1 is 0.871 bits per heavy atom. The topological polar surface area (TPSA) is 49.9 Å². The summed E-state index contributed by atoms with van der Waals surface area (Å²) in [6, 6.07) is 22.2. The van der Waals surface area contributed by atoms with Crippen molar-refractivity contribution in [2.75, 3.05) is 23.5 Å². The average Bonchev–Trinajstić information content (AvgIpc) is 3.32. The van der Waals surface area contributed by atoms with Crippen LogP contribution in [0.2, 0.25) is 5.02 Å². The molecule has 0 radical (unpaired) electrons. The highest BCUT2D eigenvalue weighted by molar-refractivity contribution is 6.47. The van der Waals surface area contributed by atoms with Crippen molar-refractivity contribution in [3.63, 3.8) is 0 Å². The smallest absolute Gasteiger partial charge is 0.282 e. The lowest BCUT2D eigenvalue weighted by Gasteiger charge is -2.22. The third-order valence-corrected chi connectivity index (χ3v) is 5.90. The summed E-state index contributed by atoms with van der Waals surface area (Å²) in [4.78, 5) is 30.6. The fourth-order valence-electron chi connectivity index (χ4n) is 4.26. The third-order valence-electron chi connectivity index (χ3n) is 5.66. The van der Waals surface area contributed by atoms with Gasteiger partial charge in [0.05, 0.1) is 18.4 Å². The number of nitrogens with zero attached hydrogens (tertiary/aromatic N) is 2. The molecule has 154 valence electrons. The number of carbonyl (C=O) groups excluding carboxylic acids is 2. The number of ether oxygens (including phenoxy) is 1. The first-order valence-electron chi connectivity index (χ1n) is 9.97. The zero-order valence-corrected chi connectivity index (χ0v) is 17.6. The van der Waals surface area contributed by atoms with Crippen LogP contribution in [0.15, 0.2) is 78.5 Å². The van der Waals surface area contributed by atoms with Gasteiger partial charge in [-0.1, -0.05) is 60.1 Å². The van der Waals surface area contributed by atoms with Crippen molar-refractivity contribution in [2.45, 2.75) is 6.42 Å². The Morgan fingerprint density at radius 3 is 2.39 bits per heavy atom. The van der Waals surface area contributed by atoms with Crippen LogP contribution in [0.25, 0.3) is 5.57 Å². The van der Waals surface area contributed by atoms with Crippen molar-refractivity contribution in [1.29, 1.82) is 0 Å². The Morgan fingerprint density at radius 2 is 1.61 bits per heavy atom. The molecular formula is C25H19ClN2O3. The molecule has 0 aromatic heterocycles. The van der Waals surface area contributed by atoms with Crippen LogP contribution < -0.4 is 14.5 Å². The van der Waals surface area contributed by atoms with Gasteiger partial charge in [-0.05, 0) is 41.8 Å². The van der Waals surface area contributed by atoms with Crippen LogP contribution >= 0.6 is 11.6 Å². The number of halogens is 1. The monoisotopic (exact) mass is 430 g/mol. The van der Waals surface area contributed by atoms with Crippen LogP contribution in [-0.4, -0.2) is 25.5 Å². The molecule has 3 aromatic rings. The zero-order valence-electron chi connectivity index (χ0n) is 16.8. The van der Waals surface area contributed by atoms with Crippen molar-refractivity contribution in [1.82, 2.24) is 0 Å². The molecule has 2 heterocycles. The molecule has 0 atom stereocenters. The minimum absolute atomic E-state index is 0.334. The van der Waals surface area contributed by atoms with Crippen LogP contribution in [0.4, 0.5) is 11.4 Å². The number of para-hydroxylation sites is 1. The largest absolute Gasteiger partial charge is 0.495 e. The van der Waals surface area contributed by atoms with Crippen molar-refractivity contribution in [3.8, 4) is 5.75 Å². The Balaban J connectivity index is 1.70. The Bertz CT molecular complexity index is 1240. The van der Waals surface area contributed by atoms with Crippen molar-refractivity contribution < 1.29 is 14.3 Å². The van der Waals surface area contributed by atoms with Crippen LogP contribution in [0, 0.1) is 0 Å². The summed E-state index contributed by atoms with van der Waals surface area (Å²) >= 11 is 6.20. The Labute approximate surface area is 185 Å². The SMILES string of the molecule is COc1ccc(Cl)cc1N1C(=O)C(c2ccccc2)=C(N2CCc3ccccc32)C1=O. The van der Waals surface area contributed by atoms with Crippen molar-refractivity contribution >= 4 is 40.4 Å². The second kappa shape index (κ2) is 7.60.